The summed E-state index contributed by atoms with van der Waals surface area (Å²) in [6, 6.07) is 7.39. The first kappa shape index (κ1) is 14.8. The average molecular weight is 310 g/mol. The van der Waals surface area contributed by atoms with Crippen molar-refractivity contribution >= 4 is 10.0 Å². The molecule has 2 fully saturated rings. The quantitative estimate of drug-likeness (QED) is 0.907. The molecular weight excluding hydrogens is 288 g/mol. The van der Waals surface area contributed by atoms with Crippen LogP contribution in [0.2, 0.25) is 0 Å². The van der Waals surface area contributed by atoms with Gasteiger partial charge in [0.25, 0.3) is 0 Å². The van der Waals surface area contributed by atoms with E-state index in [1.165, 1.54) is 0 Å². The molecule has 0 aromatic heterocycles. The van der Waals surface area contributed by atoms with Crippen LogP contribution in [0.25, 0.3) is 0 Å². The Balaban J connectivity index is 1.73. The Labute approximate surface area is 126 Å². The minimum Gasteiger partial charge on any atom is -0.497 e. The number of ether oxygens (including phenoxy) is 1. The largest absolute Gasteiger partial charge is 0.497 e. The minimum atomic E-state index is -3.28. The summed E-state index contributed by atoms with van der Waals surface area (Å²) in [6.45, 7) is 1.21. The van der Waals surface area contributed by atoms with Gasteiger partial charge in [0, 0.05) is 19.1 Å². The van der Waals surface area contributed by atoms with Crippen molar-refractivity contribution in [1.82, 2.24) is 4.31 Å². The lowest BCUT2D eigenvalue weighted by atomic mass is 9.98. The zero-order valence-corrected chi connectivity index (χ0v) is 13.1. The molecule has 2 N–H and O–H groups in total. The van der Waals surface area contributed by atoms with Crippen LogP contribution in [0, 0.1) is 11.8 Å². The van der Waals surface area contributed by atoms with Crippen molar-refractivity contribution in [3.05, 3.63) is 29.8 Å². The molecule has 3 rings (SSSR count). The first-order valence-corrected chi connectivity index (χ1v) is 8.97. The van der Waals surface area contributed by atoms with Crippen molar-refractivity contribution in [2.45, 2.75) is 24.6 Å². The number of nitrogens with two attached hydrogens (primary N) is 1. The van der Waals surface area contributed by atoms with Gasteiger partial charge in [0.1, 0.15) is 5.75 Å². The van der Waals surface area contributed by atoms with Crippen LogP contribution in [0.5, 0.6) is 5.75 Å². The van der Waals surface area contributed by atoms with Crippen LogP contribution in [-0.2, 0) is 15.8 Å². The fourth-order valence-electron chi connectivity index (χ4n) is 3.56. The molecule has 1 heterocycles. The molecule has 21 heavy (non-hydrogen) atoms. The van der Waals surface area contributed by atoms with Crippen LogP contribution >= 0.6 is 0 Å². The average Bonchev–Trinajstić information content (AvgIpc) is 3.02. The number of nitrogens with zero attached hydrogens (tertiary/aromatic N) is 1. The summed E-state index contributed by atoms with van der Waals surface area (Å²) in [5.74, 6) is 1.49. The van der Waals surface area contributed by atoms with E-state index in [4.69, 9.17) is 10.5 Å². The zero-order valence-electron chi connectivity index (χ0n) is 12.2. The molecule has 1 saturated carbocycles. The molecule has 6 heteroatoms. The van der Waals surface area contributed by atoms with E-state index in [0.717, 1.165) is 18.4 Å². The van der Waals surface area contributed by atoms with Crippen LogP contribution in [0.4, 0.5) is 0 Å². The van der Waals surface area contributed by atoms with E-state index in [-0.39, 0.29) is 11.8 Å². The number of hydrogen-bond donors (Lipinski definition) is 1. The van der Waals surface area contributed by atoms with Gasteiger partial charge in [0.2, 0.25) is 10.0 Å². The summed E-state index contributed by atoms with van der Waals surface area (Å²) in [5, 5.41) is 0. The fourth-order valence-corrected chi connectivity index (χ4v) is 5.16. The molecule has 3 atom stereocenters. The number of hydrogen-bond acceptors (Lipinski definition) is 4. The van der Waals surface area contributed by atoms with Gasteiger partial charge in [0.05, 0.1) is 12.9 Å². The second kappa shape index (κ2) is 5.59. The first-order valence-electron chi connectivity index (χ1n) is 7.36. The Morgan fingerprint density at radius 2 is 2.14 bits per heavy atom. The first-order chi connectivity index (χ1) is 9.99. The standard InChI is InChI=1S/C15H22N2O3S/c1-20-13-4-2-3-11(7-13)10-21(18,19)17-8-12-5-6-15(16)14(12)9-17/h2-4,7,12,14-15H,5-6,8-10,16H2,1H3. The highest BCUT2D eigenvalue weighted by molar-refractivity contribution is 7.88. The van der Waals surface area contributed by atoms with Gasteiger partial charge >= 0.3 is 0 Å². The van der Waals surface area contributed by atoms with Gasteiger partial charge in [-0.05, 0) is 42.4 Å². The molecule has 1 aromatic carbocycles. The Hall–Kier alpha value is -1.11. The van der Waals surface area contributed by atoms with E-state index >= 15 is 0 Å². The zero-order chi connectivity index (χ0) is 15.0. The molecule has 3 unspecified atom stereocenters. The lowest BCUT2D eigenvalue weighted by molar-refractivity contribution is 0.414. The van der Waals surface area contributed by atoms with Crippen LogP contribution in [0.3, 0.4) is 0 Å². The van der Waals surface area contributed by atoms with Gasteiger partial charge in [-0.3, -0.25) is 0 Å². The molecule has 0 radical (unpaired) electrons. The molecule has 0 bridgehead atoms. The van der Waals surface area contributed by atoms with Crippen molar-refractivity contribution in [1.29, 1.82) is 0 Å². The maximum Gasteiger partial charge on any atom is 0.218 e. The Kier molecular flexibility index (Phi) is 3.94. The Bertz CT molecular complexity index is 617. The van der Waals surface area contributed by atoms with Crippen molar-refractivity contribution < 1.29 is 13.2 Å². The van der Waals surface area contributed by atoms with Gasteiger partial charge in [-0.15, -0.1) is 0 Å². The predicted octanol–water partition coefficient (Wildman–Crippen LogP) is 1.19. The van der Waals surface area contributed by atoms with Crippen LogP contribution in [0.15, 0.2) is 24.3 Å². The number of benzene rings is 1. The number of fused-ring (bicyclic) bond motifs is 1. The predicted molar refractivity (Wildman–Crippen MR) is 81.4 cm³/mol. The topological polar surface area (TPSA) is 72.6 Å². The van der Waals surface area contributed by atoms with E-state index in [1.54, 1.807) is 17.5 Å². The minimum absolute atomic E-state index is 0.0267. The third kappa shape index (κ3) is 2.93. The van der Waals surface area contributed by atoms with E-state index in [1.807, 2.05) is 18.2 Å². The van der Waals surface area contributed by atoms with Gasteiger partial charge in [0.15, 0.2) is 0 Å². The van der Waals surface area contributed by atoms with E-state index in [2.05, 4.69) is 0 Å². The molecule has 0 spiro atoms. The van der Waals surface area contributed by atoms with Crippen molar-refractivity contribution in [2.75, 3.05) is 20.2 Å². The fraction of sp³-hybridized carbons (Fsp3) is 0.600. The van der Waals surface area contributed by atoms with Gasteiger partial charge < -0.3 is 10.5 Å². The third-order valence-corrected chi connectivity index (χ3v) is 6.54. The summed E-state index contributed by atoms with van der Waals surface area (Å²) < 4.78 is 31.9. The second-order valence-corrected chi connectivity index (χ2v) is 8.06. The molecule has 1 saturated heterocycles. The highest BCUT2D eigenvalue weighted by Crippen LogP contribution is 2.38. The molecule has 1 aliphatic heterocycles. The molecule has 1 aliphatic carbocycles. The smallest absolute Gasteiger partial charge is 0.218 e. The van der Waals surface area contributed by atoms with E-state index in [0.29, 0.717) is 30.7 Å². The van der Waals surface area contributed by atoms with Crippen LogP contribution < -0.4 is 10.5 Å². The molecule has 0 amide bonds. The highest BCUT2D eigenvalue weighted by Gasteiger charge is 2.44. The van der Waals surface area contributed by atoms with Crippen molar-refractivity contribution in [2.24, 2.45) is 17.6 Å². The lowest BCUT2D eigenvalue weighted by Crippen LogP contribution is -2.34. The Morgan fingerprint density at radius 1 is 1.33 bits per heavy atom. The molecule has 5 nitrogen and oxygen atoms in total. The van der Waals surface area contributed by atoms with Crippen molar-refractivity contribution in [3.63, 3.8) is 0 Å². The number of rotatable bonds is 4. The summed E-state index contributed by atoms with van der Waals surface area (Å²) in [4.78, 5) is 0. The second-order valence-electron chi connectivity index (χ2n) is 6.09. The molecule has 2 aliphatic rings. The molecular formula is C15H22N2O3S. The molecule has 116 valence electrons. The summed E-state index contributed by atoms with van der Waals surface area (Å²) in [7, 11) is -1.70. The summed E-state index contributed by atoms with van der Waals surface area (Å²) in [5.41, 5.74) is 6.84. The summed E-state index contributed by atoms with van der Waals surface area (Å²) >= 11 is 0. The third-order valence-electron chi connectivity index (χ3n) is 4.76. The number of methoxy groups -OCH3 is 1. The van der Waals surface area contributed by atoms with Gasteiger partial charge in [-0.1, -0.05) is 12.1 Å². The number of sulfonamides is 1. The SMILES string of the molecule is COc1cccc(CS(=O)(=O)N2CC3CCC(N)C3C2)c1. The maximum atomic E-state index is 12.6. The normalized spacial score (nSPS) is 29.5. The monoisotopic (exact) mass is 310 g/mol. The van der Waals surface area contributed by atoms with Crippen LogP contribution in [-0.4, -0.2) is 39.0 Å². The van der Waals surface area contributed by atoms with Crippen molar-refractivity contribution in [3.8, 4) is 5.75 Å². The maximum absolute atomic E-state index is 12.6. The molecule has 1 aromatic rings. The van der Waals surface area contributed by atoms with E-state index < -0.39 is 10.0 Å². The van der Waals surface area contributed by atoms with Crippen LogP contribution in [0.1, 0.15) is 18.4 Å². The highest BCUT2D eigenvalue weighted by atomic mass is 32.2. The Morgan fingerprint density at radius 3 is 2.86 bits per heavy atom. The van der Waals surface area contributed by atoms with E-state index in [9.17, 15) is 8.42 Å². The van der Waals surface area contributed by atoms with Gasteiger partial charge in [-0.25, -0.2) is 12.7 Å². The lowest BCUT2D eigenvalue weighted by Gasteiger charge is -2.18. The summed E-state index contributed by atoms with van der Waals surface area (Å²) in [6.07, 6.45) is 2.08. The van der Waals surface area contributed by atoms with Gasteiger partial charge in [-0.2, -0.15) is 0 Å².